The molecule has 1 unspecified atom stereocenters. The molecule has 1 atom stereocenters. The molecule has 1 saturated heterocycles. The van der Waals surface area contributed by atoms with E-state index in [1.165, 1.54) is 17.8 Å². The number of nitrogens with zero attached hydrogens (tertiary/aromatic N) is 3. The number of piperidine rings is 1. The fraction of sp³-hybridized carbons (Fsp3) is 0.333. The minimum absolute atomic E-state index is 0.0943. The Balaban J connectivity index is 1.43. The third-order valence-electron chi connectivity index (χ3n) is 5.92. The van der Waals surface area contributed by atoms with Gasteiger partial charge in [0, 0.05) is 31.2 Å². The highest BCUT2D eigenvalue weighted by atomic mass is 19.1. The minimum atomic E-state index is -0.368. The number of likely N-dealkylation sites (N-methyl/N-ethyl adjacent to an activating group) is 1. The Kier molecular flexibility index (Phi) is 6.23. The molecular formula is C24H27FN4O. The first-order valence-corrected chi connectivity index (χ1v) is 10.4. The van der Waals surface area contributed by atoms with Crippen LogP contribution in [0.1, 0.15) is 28.8 Å². The van der Waals surface area contributed by atoms with Gasteiger partial charge in [-0.1, -0.05) is 42.5 Å². The number of aromatic nitrogens is 2. The monoisotopic (exact) mass is 406 g/mol. The SMILES string of the molecule is CN(CCc1ccccc1)C1CCCN(C(=O)c2cn[nH]c2-c2ccccc2F)C1. The molecule has 1 fully saturated rings. The summed E-state index contributed by atoms with van der Waals surface area (Å²) >= 11 is 0. The first kappa shape index (κ1) is 20.3. The van der Waals surface area contributed by atoms with Crippen molar-refractivity contribution in [2.24, 2.45) is 0 Å². The predicted octanol–water partition coefficient (Wildman–Crippen LogP) is 3.99. The van der Waals surface area contributed by atoms with Crippen molar-refractivity contribution in [1.82, 2.24) is 20.0 Å². The molecular weight excluding hydrogens is 379 g/mol. The van der Waals surface area contributed by atoms with Crippen LogP contribution in [0.15, 0.2) is 60.8 Å². The van der Waals surface area contributed by atoms with Crippen molar-refractivity contribution < 1.29 is 9.18 Å². The largest absolute Gasteiger partial charge is 0.337 e. The molecule has 0 radical (unpaired) electrons. The third kappa shape index (κ3) is 4.44. The van der Waals surface area contributed by atoms with E-state index in [2.05, 4.69) is 46.4 Å². The van der Waals surface area contributed by atoms with Crippen LogP contribution in [-0.4, -0.2) is 58.6 Å². The standard InChI is InChI=1S/C24H27FN4O/c1-28(15-13-18-8-3-2-4-9-18)19-10-7-14-29(17-19)24(30)21-16-26-27-23(21)20-11-5-6-12-22(20)25/h2-6,8-9,11-12,16,19H,7,10,13-15,17H2,1H3,(H,26,27). The molecule has 30 heavy (non-hydrogen) atoms. The average molecular weight is 407 g/mol. The summed E-state index contributed by atoms with van der Waals surface area (Å²) in [5, 5.41) is 6.83. The Morgan fingerprint density at radius 3 is 2.77 bits per heavy atom. The van der Waals surface area contributed by atoms with E-state index in [1.807, 2.05) is 11.0 Å². The molecule has 4 rings (SSSR count). The highest BCUT2D eigenvalue weighted by Gasteiger charge is 2.29. The second-order valence-electron chi connectivity index (χ2n) is 7.90. The van der Waals surface area contributed by atoms with Crippen molar-refractivity contribution in [3.05, 3.63) is 77.7 Å². The van der Waals surface area contributed by atoms with Gasteiger partial charge in [-0.25, -0.2) is 4.39 Å². The van der Waals surface area contributed by atoms with Gasteiger partial charge in [-0.2, -0.15) is 5.10 Å². The second-order valence-corrected chi connectivity index (χ2v) is 7.90. The number of hydrogen-bond acceptors (Lipinski definition) is 3. The molecule has 2 aromatic carbocycles. The highest BCUT2D eigenvalue weighted by Crippen LogP contribution is 2.26. The molecule has 1 amide bonds. The van der Waals surface area contributed by atoms with Gasteiger partial charge in [0.15, 0.2) is 0 Å². The Bertz CT molecular complexity index is 988. The number of carbonyl (C=O) groups is 1. The lowest BCUT2D eigenvalue weighted by atomic mass is 10.0. The van der Waals surface area contributed by atoms with Gasteiger partial charge in [0.25, 0.3) is 5.91 Å². The van der Waals surface area contributed by atoms with E-state index in [-0.39, 0.29) is 11.7 Å². The fourth-order valence-electron chi connectivity index (χ4n) is 4.12. The summed E-state index contributed by atoms with van der Waals surface area (Å²) in [4.78, 5) is 17.5. The van der Waals surface area contributed by atoms with Crippen LogP contribution in [0.5, 0.6) is 0 Å². The zero-order valence-corrected chi connectivity index (χ0v) is 17.2. The van der Waals surface area contributed by atoms with Gasteiger partial charge in [0.1, 0.15) is 5.82 Å². The summed E-state index contributed by atoms with van der Waals surface area (Å²) in [5.74, 6) is -0.462. The fourth-order valence-corrected chi connectivity index (χ4v) is 4.12. The zero-order chi connectivity index (χ0) is 20.9. The van der Waals surface area contributed by atoms with Crippen LogP contribution >= 0.6 is 0 Å². The number of aromatic amines is 1. The van der Waals surface area contributed by atoms with Crippen molar-refractivity contribution in [3.63, 3.8) is 0 Å². The number of nitrogens with one attached hydrogen (secondary N) is 1. The van der Waals surface area contributed by atoms with E-state index in [0.29, 0.717) is 36.0 Å². The quantitative estimate of drug-likeness (QED) is 0.673. The molecule has 3 aromatic rings. The number of amides is 1. The zero-order valence-electron chi connectivity index (χ0n) is 17.2. The van der Waals surface area contributed by atoms with Crippen molar-refractivity contribution in [2.45, 2.75) is 25.3 Å². The molecule has 1 aliphatic heterocycles. The predicted molar refractivity (Wildman–Crippen MR) is 116 cm³/mol. The summed E-state index contributed by atoms with van der Waals surface area (Å²) in [7, 11) is 2.13. The Labute approximate surface area is 176 Å². The van der Waals surface area contributed by atoms with E-state index in [4.69, 9.17) is 0 Å². The maximum absolute atomic E-state index is 14.3. The summed E-state index contributed by atoms with van der Waals surface area (Å²) < 4.78 is 14.3. The Morgan fingerprint density at radius 2 is 1.97 bits per heavy atom. The van der Waals surface area contributed by atoms with Crippen LogP contribution in [0.3, 0.4) is 0 Å². The van der Waals surface area contributed by atoms with Gasteiger partial charge >= 0.3 is 0 Å². The molecule has 0 bridgehead atoms. The van der Waals surface area contributed by atoms with E-state index in [1.54, 1.807) is 18.2 Å². The van der Waals surface area contributed by atoms with E-state index < -0.39 is 0 Å². The summed E-state index contributed by atoms with van der Waals surface area (Å²) in [6, 6.07) is 17.2. The lowest BCUT2D eigenvalue weighted by molar-refractivity contribution is 0.0612. The summed E-state index contributed by atoms with van der Waals surface area (Å²) in [6.45, 7) is 2.33. The minimum Gasteiger partial charge on any atom is -0.337 e. The summed E-state index contributed by atoms with van der Waals surface area (Å²) in [5.41, 5.74) is 2.55. The van der Waals surface area contributed by atoms with Gasteiger partial charge in [0.05, 0.1) is 17.5 Å². The molecule has 2 heterocycles. The van der Waals surface area contributed by atoms with Crippen LogP contribution in [0.4, 0.5) is 4.39 Å². The number of benzene rings is 2. The molecule has 5 nitrogen and oxygen atoms in total. The molecule has 0 saturated carbocycles. The van der Waals surface area contributed by atoms with Crippen LogP contribution in [0.2, 0.25) is 0 Å². The van der Waals surface area contributed by atoms with Crippen molar-refractivity contribution in [1.29, 1.82) is 0 Å². The van der Waals surface area contributed by atoms with Crippen LogP contribution in [0.25, 0.3) is 11.3 Å². The maximum atomic E-state index is 14.3. The molecule has 0 spiro atoms. The lowest BCUT2D eigenvalue weighted by Gasteiger charge is -2.37. The average Bonchev–Trinajstić information content (AvgIpc) is 3.27. The number of carbonyl (C=O) groups excluding carboxylic acids is 1. The number of likely N-dealkylation sites (tertiary alicyclic amines) is 1. The normalized spacial score (nSPS) is 16.8. The topological polar surface area (TPSA) is 52.2 Å². The van der Waals surface area contributed by atoms with E-state index in [9.17, 15) is 9.18 Å². The van der Waals surface area contributed by atoms with Crippen LogP contribution in [0, 0.1) is 5.82 Å². The van der Waals surface area contributed by atoms with Gasteiger partial charge in [0.2, 0.25) is 0 Å². The molecule has 1 aromatic heterocycles. The van der Waals surface area contributed by atoms with Crippen LogP contribution in [-0.2, 0) is 6.42 Å². The van der Waals surface area contributed by atoms with Gasteiger partial charge in [-0.3, -0.25) is 9.89 Å². The molecule has 1 N–H and O–H groups in total. The highest BCUT2D eigenvalue weighted by molar-refractivity contribution is 5.99. The number of H-pyrrole nitrogens is 1. The van der Waals surface area contributed by atoms with E-state index in [0.717, 1.165) is 25.8 Å². The van der Waals surface area contributed by atoms with Crippen molar-refractivity contribution >= 4 is 5.91 Å². The number of halogens is 1. The maximum Gasteiger partial charge on any atom is 0.257 e. The number of hydrogen-bond donors (Lipinski definition) is 1. The summed E-state index contributed by atoms with van der Waals surface area (Å²) in [6.07, 6.45) is 4.52. The van der Waals surface area contributed by atoms with Gasteiger partial charge < -0.3 is 9.80 Å². The van der Waals surface area contributed by atoms with Gasteiger partial charge in [-0.05, 0) is 44.0 Å². The first-order valence-electron chi connectivity index (χ1n) is 10.4. The molecule has 1 aliphatic rings. The van der Waals surface area contributed by atoms with Gasteiger partial charge in [-0.15, -0.1) is 0 Å². The van der Waals surface area contributed by atoms with E-state index >= 15 is 0 Å². The molecule has 6 heteroatoms. The molecule has 156 valence electrons. The van der Waals surface area contributed by atoms with Crippen molar-refractivity contribution in [3.8, 4) is 11.3 Å². The van der Waals surface area contributed by atoms with Crippen LogP contribution < -0.4 is 0 Å². The molecule has 0 aliphatic carbocycles. The smallest absolute Gasteiger partial charge is 0.257 e. The first-order chi connectivity index (χ1) is 14.6. The Morgan fingerprint density at radius 1 is 1.20 bits per heavy atom. The number of rotatable bonds is 6. The second kappa shape index (κ2) is 9.22. The Hall–Kier alpha value is -2.99. The van der Waals surface area contributed by atoms with Crippen molar-refractivity contribution in [2.75, 3.05) is 26.7 Å². The lowest BCUT2D eigenvalue weighted by Crippen LogP contribution is -2.49. The third-order valence-corrected chi connectivity index (χ3v) is 5.92.